The summed E-state index contributed by atoms with van der Waals surface area (Å²) in [5.41, 5.74) is 2.21. The van der Waals surface area contributed by atoms with Gasteiger partial charge in [-0.3, -0.25) is 0 Å². The van der Waals surface area contributed by atoms with Crippen molar-refractivity contribution in [3.63, 3.8) is 0 Å². The minimum Gasteiger partial charge on any atom is -0.467 e. The molecule has 2 aromatic rings. The van der Waals surface area contributed by atoms with Gasteiger partial charge in [0.15, 0.2) is 0 Å². The molecule has 3 rings (SSSR count). The molecule has 0 amide bonds. The second-order valence-electron chi connectivity index (χ2n) is 5.23. The van der Waals surface area contributed by atoms with Gasteiger partial charge in [0.2, 0.25) is 0 Å². The van der Waals surface area contributed by atoms with Crippen LogP contribution >= 0.6 is 0 Å². The highest BCUT2D eigenvalue weighted by Crippen LogP contribution is 2.30. The summed E-state index contributed by atoms with van der Waals surface area (Å²) in [7, 11) is 0. The van der Waals surface area contributed by atoms with E-state index in [-0.39, 0.29) is 11.9 Å². The predicted octanol–water partition coefficient (Wildman–Crippen LogP) is 3.12. The summed E-state index contributed by atoms with van der Waals surface area (Å²) in [4.78, 5) is 0. The Labute approximate surface area is 117 Å². The van der Waals surface area contributed by atoms with E-state index in [0.29, 0.717) is 12.3 Å². The van der Waals surface area contributed by atoms with Crippen molar-refractivity contribution in [1.29, 1.82) is 0 Å². The smallest absolute Gasteiger partial charge is 0.133 e. The lowest BCUT2D eigenvalue weighted by Crippen LogP contribution is -2.29. The molecule has 0 radical (unpaired) electrons. The van der Waals surface area contributed by atoms with E-state index < -0.39 is 6.10 Å². The van der Waals surface area contributed by atoms with Crippen molar-refractivity contribution in [2.75, 3.05) is 6.54 Å². The van der Waals surface area contributed by atoms with Gasteiger partial charge >= 0.3 is 0 Å². The van der Waals surface area contributed by atoms with E-state index in [0.717, 1.165) is 30.4 Å². The molecule has 20 heavy (non-hydrogen) atoms. The Kier molecular flexibility index (Phi) is 3.85. The van der Waals surface area contributed by atoms with Gasteiger partial charge in [-0.25, -0.2) is 4.39 Å². The Balaban J connectivity index is 1.67. The zero-order valence-corrected chi connectivity index (χ0v) is 11.2. The lowest BCUT2D eigenvalue weighted by molar-refractivity contribution is 0.142. The summed E-state index contributed by atoms with van der Waals surface area (Å²) >= 11 is 0. The Morgan fingerprint density at radius 2 is 2.30 bits per heavy atom. The van der Waals surface area contributed by atoms with Gasteiger partial charge in [-0.15, -0.1) is 0 Å². The standard InChI is InChI=1S/C16H18FNO2/c17-12-6-7-13-11(9-12)3-1-4-14(13)18-10-15(19)16-5-2-8-20-16/h2,5-9,14-15,18-19H,1,3-4,10H2/t14-,15+/m0/s1. The molecule has 1 aromatic carbocycles. The zero-order valence-electron chi connectivity index (χ0n) is 11.2. The third kappa shape index (κ3) is 2.76. The zero-order chi connectivity index (χ0) is 13.9. The van der Waals surface area contributed by atoms with Crippen LogP contribution in [0.15, 0.2) is 41.0 Å². The van der Waals surface area contributed by atoms with Gasteiger partial charge in [0, 0.05) is 12.6 Å². The fourth-order valence-electron chi connectivity index (χ4n) is 2.83. The first-order valence-corrected chi connectivity index (χ1v) is 6.97. The summed E-state index contributed by atoms with van der Waals surface area (Å²) in [5.74, 6) is 0.382. The minimum atomic E-state index is -0.657. The Bertz CT molecular complexity index is 568. The number of benzene rings is 1. The van der Waals surface area contributed by atoms with Crippen LogP contribution in [-0.2, 0) is 6.42 Å². The number of rotatable bonds is 4. The molecule has 0 saturated carbocycles. The van der Waals surface area contributed by atoms with E-state index in [1.807, 2.05) is 6.07 Å². The molecule has 106 valence electrons. The van der Waals surface area contributed by atoms with Crippen molar-refractivity contribution in [3.8, 4) is 0 Å². The van der Waals surface area contributed by atoms with Crippen molar-refractivity contribution in [2.45, 2.75) is 31.4 Å². The fraction of sp³-hybridized carbons (Fsp3) is 0.375. The summed E-state index contributed by atoms with van der Waals surface area (Å²) in [6, 6.07) is 8.66. The summed E-state index contributed by atoms with van der Waals surface area (Å²) in [6.45, 7) is 0.426. The third-order valence-corrected chi connectivity index (χ3v) is 3.85. The molecule has 0 saturated heterocycles. The average Bonchev–Trinajstić information content (AvgIpc) is 2.98. The second kappa shape index (κ2) is 5.77. The summed E-state index contributed by atoms with van der Waals surface area (Å²) in [5, 5.41) is 13.4. The van der Waals surface area contributed by atoms with Crippen LogP contribution in [0.5, 0.6) is 0 Å². The van der Waals surface area contributed by atoms with Crippen molar-refractivity contribution in [2.24, 2.45) is 0 Å². The van der Waals surface area contributed by atoms with Gasteiger partial charge in [-0.2, -0.15) is 0 Å². The number of halogens is 1. The number of aryl methyl sites for hydroxylation is 1. The van der Waals surface area contributed by atoms with Gasteiger partial charge in [0.25, 0.3) is 0 Å². The maximum Gasteiger partial charge on any atom is 0.133 e. The molecule has 0 fully saturated rings. The van der Waals surface area contributed by atoms with Crippen LogP contribution in [0.4, 0.5) is 4.39 Å². The van der Waals surface area contributed by atoms with Crippen LogP contribution in [0.2, 0.25) is 0 Å². The molecular weight excluding hydrogens is 257 g/mol. The van der Waals surface area contributed by atoms with Gasteiger partial charge in [-0.1, -0.05) is 6.07 Å². The molecule has 1 heterocycles. The Morgan fingerprint density at radius 3 is 3.10 bits per heavy atom. The molecule has 0 unspecified atom stereocenters. The normalized spacial score (nSPS) is 19.6. The molecule has 4 heteroatoms. The van der Waals surface area contributed by atoms with Gasteiger partial charge in [-0.05, 0) is 54.7 Å². The number of hydrogen-bond acceptors (Lipinski definition) is 3. The Hall–Kier alpha value is -1.65. The lowest BCUT2D eigenvalue weighted by atomic mass is 9.87. The van der Waals surface area contributed by atoms with E-state index in [1.54, 1.807) is 24.5 Å². The number of hydrogen-bond donors (Lipinski definition) is 2. The minimum absolute atomic E-state index is 0.170. The number of fused-ring (bicyclic) bond motifs is 1. The number of aliphatic hydroxyl groups excluding tert-OH is 1. The molecule has 1 aromatic heterocycles. The molecule has 0 aliphatic heterocycles. The molecule has 0 bridgehead atoms. The SMILES string of the molecule is O[C@H](CN[C@H]1CCCc2cc(F)ccc21)c1ccco1. The van der Waals surface area contributed by atoms with Crippen LogP contribution in [-0.4, -0.2) is 11.7 Å². The van der Waals surface area contributed by atoms with E-state index in [4.69, 9.17) is 4.42 Å². The molecular formula is C16H18FNO2. The lowest BCUT2D eigenvalue weighted by Gasteiger charge is -2.27. The number of nitrogens with one attached hydrogen (secondary N) is 1. The maximum atomic E-state index is 13.2. The monoisotopic (exact) mass is 275 g/mol. The van der Waals surface area contributed by atoms with Crippen molar-refractivity contribution in [1.82, 2.24) is 5.32 Å². The topological polar surface area (TPSA) is 45.4 Å². The third-order valence-electron chi connectivity index (χ3n) is 3.85. The van der Waals surface area contributed by atoms with Gasteiger partial charge in [0.1, 0.15) is 17.7 Å². The molecule has 1 aliphatic carbocycles. The first-order chi connectivity index (χ1) is 9.74. The highest BCUT2D eigenvalue weighted by Gasteiger charge is 2.21. The largest absolute Gasteiger partial charge is 0.467 e. The van der Waals surface area contributed by atoms with Crippen LogP contribution in [0.1, 0.15) is 41.9 Å². The summed E-state index contributed by atoms with van der Waals surface area (Å²) < 4.78 is 18.4. The van der Waals surface area contributed by atoms with E-state index in [9.17, 15) is 9.50 Å². The van der Waals surface area contributed by atoms with E-state index in [1.165, 1.54) is 6.07 Å². The number of furan rings is 1. The highest BCUT2D eigenvalue weighted by atomic mass is 19.1. The average molecular weight is 275 g/mol. The Morgan fingerprint density at radius 1 is 1.40 bits per heavy atom. The van der Waals surface area contributed by atoms with Crippen LogP contribution in [0, 0.1) is 5.82 Å². The van der Waals surface area contributed by atoms with Gasteiger partial charge in [0.05, 0.1) is 6.26 Å². The molecule has 3 nitrogen and oxygen atoms in total. The first kappa shape index (κ1) is 13.3. The van der Waals surface area contributed by atoms with Crippen molar-refractivity contribution >= 4 is 0 Å². The van der Waals surface area contributed by atoms with Crippen LogP contribution < -0.4 is 5.32 Å². The predicted molar refractivity (Wildman–Crippen MR) is 73.7 cm³/mol. The fourth-order valence-corrected chi connectivity index (χ4v) is 2.83. The molecule has 2 atom stereocenters. The quantitative estimate of drug-likeness (QED) is 0.901. The van der Waals surface area contributed by atoms with Crippen LogP contribution in [0.25, 0.3) is 0 Å². The van der Waals surface area contributed by atoms with Crippen molar-refractivity contribution < 1.29 is 13.9 Å². The van der Waals surface area contributed by atoms with E-state index in [2.05, 4.69) is 5.32 Å². The highest BCUT2D eigenvalue weighted by molar-refractivity contribution is 5.32. The molecule has 2 N–H and O–H groups in total. The van der Waals surface area contributed by atoms with Gasteiger partial charge < -0.3 is 14.8 Å². The molecule has 1 aliphatic rings. The maximum absolute atomic E-state index is 13.2. The van der Waals surface area contributed by atoms with E-state index >= 15 is 0 Å². The second-order valence-corrected chi connectivity index (χ2v) is 5.23. The van der Waals surface area contributed by atoms with Crippen molar-refractivity contribution in [3.05, 3.63) is 59.3 Å². The number of aliphatic hydroxyl groups is 1. The summed E-state index contributed by atoms with van der Waals surface area (Å²) in [6.07, 6.45) is 3.85. The molecule has 0 spiro atoms. The first-order valence-electron chi connectivity index (χ1n) is 6.97. The van der Waals surface area contributed by atoms with Crippen LogP contribution in [0.3, 0.4) is 0 Å².